The van der Waals surface area contributed by atoms with Crippen LogP contribution in [0.25, 0.3) is 0 Å². The maximum Gasteiger partial charge on any atom is 0.472 e. The molecule has 5 atom stereocenters. The minimum Gasteiger partial charge on any atom is -0.462 e. The molecule has 17 nitrogen and oxygen atoms in total. The first kappa shape index (κ1) is 101. The number of carbonyl (C=O) groups excluding carboxylic acids is 4. The van der Waals surface area contributed by atoms with Gasteiger partial charge in [-0.2, -0.15) is 0 Å². The van der Waals surface area contributed by atoms with E-state index in [9.17, 15) is 43.2 Å². The van der Waals surface area contributed by atoms with Crippen molar-refractivity contribution in [3.05, 3.63) is 0 Å². The topological polar surface area (TPSA) is 237 Å². The average molecular weight is 1510 g/mol. The van der Waals surface area contributed by atoms with Crippen LogP contribution < -0.4 is 0 Å². The van der Waals surface area contributed by atoms with Gasteiger partial charge in [0.05, 0.1) is 26.4 Å². The summed E-state index contributed by atoms with van der Waals surface area (Å²) >= 11 is 0. The number of esters is 4. The van der Waals surface area contributed by atoms with Crippen molar-refractivity contribution in [2.45, 2.75) is 458 Å². The Morgan fingerprint density at radius 3 is 0.660 bits per heavy atom. The molecule has 0 saturated carbocycles. The van der Waals surface area contributed by atoms with Gasteiger partial charge in [-0.3, -0.25) is 37.3 Å². The number of phosphoric ester groups is 2. The highest BCUT2D eigenvalue weighted by molar-refractivity contribution is 7.47. The van der Waals surface area contributed by atoms with Gasteiger partial charge in [0.1, 0.15) is 19.3 Å². The zero-order valence-corrected chi connectivity index (χ0v) is 69.6. The van der Waals surface area contributed by atoms with Crippen LogP contribution in [-0.2, 0) is 65.4 Å². The molecule has 103 heavy (non-hydrogen) atoms. The number of aliphatic hydroxyl groups excluding tert-OH is 1. The quantitative estimate of drug-likeness (QED) is 0.0222. The van der Waals surface area contributed by atoms with Crippen molar-refractivity contribution < 1.29 is 80.2 Å². The third-order valence-corrected chi connectivity index (χ3v) is 21.5. The summed E-state index contributed by atoms with van der Waals surface area (Å²) in [5.74, 6) is 0.281. The Labute approximate surface area is 632 Å². The van der Waals surface area contributed by atoms with Crippen LogP contribution in [0, 0.1) is 17.8 Å². The molecule has 0 bridgehead atoms. The number of rotatable bonds is 82. The number of hydrogen-bond donors (Lipinski definition) is 3. The molecule has 2 unspecified atom stereocenters. The summed E-state index contributed by atoms with van der Waals surface area (Å²) in [7, 11) is -9.93. The summed E-state index contributed by atoms with van der Waals surface area (Å²) in [5, 5.41) is 10.7. The van der Waals surface area contributed by atoms with Gasteiger partial charge in [-0.05, 0) is 43.4 Å². The smallest absolute Gasteiger partial charge is 0.462 e. The standard InChI is InChI=1S/C84H164O17P2/c1-8-9-10-11-12-13-14-30-37-44-51-58-65-81(86)94-71-79(101-84(89)68-61-54-47-40-33-26-25-29-36-43-50-57-64-77(6)7)73-98-102(90,91)96-69-78(85)70-97-103(92,93)99-74-80(100-83(88)67-60-53-46-39-32-24-20-16-18-22-28-35-42-49-56-63-76(4)5)72-95-82(87)66-59-52-45-38-31-23-19-15-17-21-27-34-41-48-55-62-75(2)3/h75-80,85H,8-74H2,1-7H3,(H,90,91)(H,92,93)/t78-,79+,80+/m0/s1. The van der Waals surface area contributed by atoms with Gasteiger partial charge in [-0.25, -0.2) is 9.13 Å². The Bertz CT molecular complexity index is 1990. The molecule has 0 aliphatic heterocycles. The summed E-state index contributed by atoms with van der Waals surface area (Å²) in [6.07, 6.45) is 63.7. The van der Waals surface area contributed by atoms with Crippen molar-refractivity contribution in [1.82, 2.24) is 0 Å². The van der Waals surface area contributed by atoms with E-state index in [1.807, 2.05) is 0 Å². The van der Waals surface area contributed by atoms with Crippen molar-refractivity contribution in [3.63, 3.8) is 0 Å². The van der Waals surface area contributed by atoms with E-state index in [0.717, 1.165) is 108 Å². The number of hydrogen-bond acceptors (Lipinski definition) is 15. The van der Waals surface area contributed by atoms with Gasteiger partial charge in [0.2, 0.25) is 0 Å². The molecule has 0 spiro atoms. The summed E-state index contributed by atoms with van der Waals surface area (Å²) in [6, 6.07) is 0. The molecule has 0 aliphatic rings. The van der Waals surface area contributed by atoms with Crippen LogP contribution in [0.2, 0.25) is 0 Å². The lowest BCUT2D eigenvalue weighted by molar-refractivity contribution is -0.161. The molecular weight excluding hydrogens is 1340 g/mol. The molecule has 0 amide bonds. The summed E-state index contributed by atoms with van der Waals surface area (Å²) in [4.78, 5) is 73.2. The third-order valence-electron chi connectivity index (χ3n) is 19.6. The second-order valence-corrected chi connectivity index (χ2v) is 34.6. The summed E-state index contributed by atoms with van der Waals surface area (Å²) in [5.41, 5.74) is 0. The van der Waals surface area contributed by atoms with Crippen molar-refractivity contribution in [2.75, 3.05) is 39.6 Å². The molecular formula is C84H164O17P2. The predicted molar refractivity (Wildman–Crippen MR) is 423 cm³/mol. The molecule has 0 heterocycles. The molecule has 0 radical (unpaired) electrons. The number of phosphoric acid groups is 2. The largest absolute Gasteiger partial charge is 0.472 e. The first-order valence-corrected chi connectivity index (χ1v) is 46.3. The molecule has 0 aromatic heterocycles. The van der Waals surface area contributed by atoms with Crippen LogP contribution in [-0.4, -0.2) is 96.7 Å². The predicted octanol–water partition coefficient (Wildman–Crippen LogP) is 25.3. The second-order valence-electron chi connectivity index (χ2n) is 31.6. The van der Waals surface area contributed by atoms with Gasteiger partial charge in [0, 0.05) is 25.7 Å². The Morgan fingerprint density at radius 2 is 0.447 bits per heavy atom. The van der Waals surface area contributed by atoms with Gasteiger partial charge in [0.15, 0.2) is 12.2 Å². The zero-order chi connectivity index (χ0) is 75.8. The van der Waals surface area contributed by atoms with Crippen molar-refractivity contribution in [3.8, 4) is 0 Å². The van der Waals surface area contributed by atoms with Gasteiger partial charge in [-0.15, -0.1) is 0 Å². The highest BCUT2D eigenvalue weighted by Crippen LogP contribution is 2.45. The number of unbranched alkanes of at least 4 members (excludes halogenated alkanes) is 50. The van der Waals surface area contributed by atoms with E-state index in [2.05, 4.69) is 48.5 Å². The Balaban J connectivity index is 5.26. The number of ether oxygens (including phenoxy) is 4. The van der Waals surface area contributed by atoms with E-state index >= 15 is 0 Å². The Kier molecular flexibility index (Phi) is 72.8. The van der Waals surface area contributed by atoms with E-state index in [0.29, 0.717) is 25.7 Å². The SMILES string of the molecule is CCCCCCCCCCCCCCC(=O)OC[C@H](COP(=O)(O)OC[C@H](O)COP(=O)(O)OC[C@@H](COC(=O)CCCCCCCCCCCCCCCCCC(C)C)OC(=O)CCCCCCCCCCCCCCCCCC(C)C)OC(=O)CCCCCCCCCCCCCCC(C)C. The molecule has 3 N–H and O–H groups in total. The lowest BCUT2D eigenvalue weighted by Crippen LogP contribution is -2.30. The molecule has 0 aromatic rings. The molecule has 0 rings (SSSR count). The number of carbonyl (C=O) groups is 4. The van der Waals surface area contributed by atoms with Crippen LogP contribution in [0.4, 0.5) is 0 Å². The lowest BCUT2D eigenvalue weighted by Gasteiger charge is -2.21. The molecule has 0 aliphatic carbocycles. The van der Waals surface area contributed by atoms with E-state index in [-0.39, 0.29) is 25.7 Å². The van der Waals surface area contributed by atoms with E-state index < -0.39 is 97.5 Å². The third kappa shape index (κ3) is 78.0. The van der Waals surface area contributed by atoms with E-state index in [1.54, 1.807) is 0 Å². The fourth-order valence-corrected chi connectivity index (χ4v) is 14.6. The second kappa shape index (κ2) is 74.2. The van der Waals surface area contributed by atoms with Gasteiger partial charge >= 0.3 is 39.5 Å². The zero-order valence-electron chi connectivity index (χ0n) is 67.8. The van der Waals surface area contributed by atoms with Crippen molar-refractivity contribution in [2.24, 2.45) is 17.8 Å². The fraction of sp³-hybridized carbons (Fsp3) is 0.952. The van der Waals surface area contributed by atoms with Crippen LogP contribution in [0.15, 0.2) is 0 Å². The van der Waals surface area contributed by atoms with Crippen LogP contribution >= 0.6 is 15.6 Å². The first-order valence-electron chi connectivity index (χ1n) is 43.3. The van der Waals surface area contributed by atoms with E-state index in [4.69, 9.17) is 37.0 Å². The molecule has 19 heteroatoms. The van der Waals surface area contributed by atoms with Crippen LogP contribution in [0.3, 0.4) is 0 Å². The van der Waals surface area contributed by atoms with Gasteiger partial charge in [-0.1, -0.05) is 389 Å². The maximum atomic E-state index is 13.1. The van der Waals surface area contributed by atoms with E-state index in [1.165, 1.54) is 250 Å². The lowest BCUT2D eigenvalue weighted by atomic mass is 10.0. The maximum absolute atomic E-state index is 13.1. The molecule has 0 aromatic carbocycles. The molecule has 0 saturated heterocycles. The Morgan fingerprint density at radius 1 is 0.262 bits per heavy atom. The van der Waals surface area contributed by atoms with Crippen molar-refractivity contribution >= 4 is 39.5 Å². The minimum absolute atomic E-state index is 0.107. The highest BCUT2D eigenvalue weighted by Gasteiger charge is 2.30. The fourth-order valence-electron chi connectivity index (χ4n) is 13.0. The molecule has 612 valence electrons. The minimum atomic E-state index is -4.96. The normalized spacial score (nSPS) is 13.9. The number of aliphatic hydroxyl groups is 1. The monoisotopic (exact) mass is 1510 g/mol. The summed E-state index contributed by atoms with van der Waals surface area (Å²) in [6.45, 7) is 12.0. The average Bonchev–Trinajstić information content (AvgIpc) is 0.935. The Hall–Kier alpha value is -1.94. The van der Waals surface area contributed by atoms with Crippen LogP contribution in [0.1, 0.15) is 440 Å². The van der Waals surface area contributed by atoms with Crippen LogP contribution in [0.5, 0.6) is 0 Å². The van der Waals surface area contributed by atoms with Crippen molar-refractivity contribution in [1.29, 1.82) is 0 Å². The summed E-state index contributed by atoms with van der Waals surface area (Å²) < 4.78 is 68.9. The van der Waals surface area contributed by atoms with Gasteiger partial charge < -0.3 is 33.8 Å². The highest BCUT2D eigenvalue weighted by atomic mass is 31.2. The molecule has 0 fully saturated rings. The first-order chi connectivity index (χ1) is 49.7. The van der Waals surface area contributed by atoms with Gasteiger partial charge in [0.25, 0.3) is 0 Å².